The molecule has 1 aromatic carbocycles. The van der Waals surface area contributed by atoms with Crippen LogP contribution in [0.1, 0.15) is 37.4 Å². The third-order valence-corrected chi connectivity index (χ3v) is 8.52. The molecule has 2 N–H and O–H groups in total. The number of aromatic amines is 1. The molecule has 0 amide bonds. The number of nitrogens with zero attached hydrogens (tertiary/aromatic N) is 5. The van der Waals surface area contributed by atoms with Gasteiger partial charge in [-0.1, -0.05) is 26.0 Å². The Kier molecular flexibility index (Phi) is 5.06. The van der Waals surface area contributed by atoms with Crippen LogP contribution in [-0.4, -0.2) is 43.7 Å². The SMILES string of the molecule is CC(C)[C@@H](Nc1ncnc2[nH]c(-c3ccn4cnnc4c3)cc12)c1ccc2c(c1)S(=O)(=O)CCC2. The van der Waals surface area contributed by atoms with Gasteiger partial charge in [-0.25, -0.2) is 18.4 Å². The molecule has 0 aliphatic carbocycles. The topological polar surface area (TPSA) is 118 Å². The molecule has 1 atom stereocenters. The molecule has 0 bridgehead atoms. The van der Waals surface area contributed by atoms with E-state index in [9.17, 15) is 8.42 Å². The third kappa shape index (κ3) is 3.83. The molecule has 0 unspecified atom stereocenters. The molecule has 0 saturated heterocycles. The summed E-state index contributed by atoms with van der Waals surface area (Å²) in [6.45, 7) is 4.22. The summed E-state index contributed by atoms with van der Waals surface area (Å²) >= 11 is 0. The summed E-state index contributed by atoms with van der Waals surface area (Å²) in [5.74, 6) is 1.10. The van der Waals surface area contributed by atoms with Crippen molar-refractivity contribution in [3.05, 3.63) is 66.4 Å². The zero-order chi connectivity index (χ0) is 24.2. The van der Waals surface area contributed by atoms with E-state index in [1.54, 1.807) is 6.33 Å². The number of pyridine rings is 1. The highest BCUT2D eigenvalue weighted by Gasteiger charge is 2.26. The normalized spacial score (nSPS) is 16.0. The van der Waals surface area contributed by atoms with E-state index in [2.05, 4.69) is 44.3 Å². The number of anilines is 1. The summed E-state index contributed by atoms with van der Waals surface area (Å²) < 4.78 is 27.2. The van der Waals surface area contributed by atoms with Gasteiger partial charge in [-0.3, -0.25) is 4.40 Å². The minimum atomic E-state index is -3.24. The number of hydrogen-bond donors (Lipinski definition) is 2. The summed E-state index contributed by atoms with van der Waals surface area (Å²) in [5, 5.41) is 12.5. The van der Waals surface area contributed by atoms with Gasteiger partial charge >= 0.3 is 0 Å². The molecule has 1 aliphatic heterocycles. The molecular formula is C25H25N7O2S. The monoisotopic (exact) mass is 487 g/mol. The van der Waals surface area contributed by atoms with E-state index in [1.165, 1.54) is 6.33 Å². The van der Waals surface area contributed by atoms with Crippen LogP contribution < -0.4 is 5.32 Å². The second kappa shape index (κ2) is 8.16. The van der Waals surface area contributed by atoms with Gasteiger partial charge in [-0.2, -0.15) is 0 Å². The van der Waals surface area contributed by atoms with Crippen LogP contribution in [0.2, 0.25) is 0 Å². The predicted octanol–water partition coefficient (Wildman–Crippen LogP) is 4.20. The van der Waals surface area contributed by atoms with Gasteiger partial charge in [0.2, 0.25) is 0 Å². The van der Waals surface area contributed by atoms with Crippen LogP contribution >= 0.6 is 0 Å². The molecule has 1 aliphatic rings. The Labute approximate surface area is 202 Å². The third-order valence-electron chi connectivity index (χ3n) is 6.64. The summed E-state index contributed by atoms with van der Waals surface area (Å²) in [7, 11) is -3.24. The molecule has 0 spiro atoms. The number of rotatable bonds is 5. The standard InChI is InChI=1S/C25H25N7O2S/c1-15(2)23(18-6-5-16-4-3-9-35(33,34)21(16)10-18)30-25-19-12-20(29-24(19)26-13-27-25)17-7-8-32-14-28-31-22(32)11-17/h5-8,10-15,23H,3-4,9H2,1-2H3,(H2,26,27,29,30)/t23-/m1/s1. The van der Waals surface area contributed by atoms with Crippen LogP contribution in [0, 0.1) is 5.92 Å². The first-order valence-corrected chi connectivity index (χ1v) is 13.3. The number of hydrogen-bond acceptors (Lipinski definition) is 7. The second-order valence-electron chi connectivity index (χ2n) is 9.34. The van der Waals surface area contributed by atoms with E-state index in [4.69, 9.17) is 0 Å². The fraction of sp³-hybridized carbons (Fsp3) is 0.280. The van der Waals surface area contributed by atoms with Crippen molar-refractivity contribution in [2.75, 3.05) is 11.1 Å². The Morgan fingerprint density at radius 1 is 1.11 bits per heavy atom. The molecule has 5 heterocycles. The Morgan fingerprint density at radius 3 is 2.86 bits per heavy atom. The maximum Gasteiger partial charge on any atom is 0.178 e. The summed E-state index contributed by atoms with van der Waals surface area (Å²) in [6, 6.07) is 11.7. The zero-order valence-electron chi connectivity index (χ0n) is 19.4. The van der Waals surface area contributed by atoms with E-state index in [0.717, 1.165) is 45.5 Å². The lowest BCUT2D eigenvalue weighted by atomic mass is 9.94. The molecule has 0 radical (unpaired) electrons. The predicted molar refractivity (Wildman–Crippen MR) is 134 cm³/mol. The number of nitrogens with one attached hydrogen (secondary N) is 2. The highest BCUT2D eigenvalue weighted by Crippen LogP contribution is 2.34. The van der Waals surface area contributed by atoms with Crippen molar-refractivity contribution < 1.29 is 8.42 Å². The second-order valence-corrected chi connectivity index (χ2v) is 11.4. The Bertz CT molecular complexity index is 1670. The van der Waals surface area contributed by atoms with Crippen molar-refractivity contribution in [1.82, 2.24) is 29.5 Å². The van der Waals surface area contributed by atoms with Crippen molar-refractivity contribution in [1.29, 1.82) is 0 Å². The van der Waals surface area contributed by atoms with Crippen LogP contribution in [0.15, 0.2) is 60.1 Å². The lowest BCUT2D eigenvalue weighted by molar-refractivity contribution is 0.542. The van der Waals surface area contributed by atoms with Crippen molar-refractivity contribution >= 4 is 32.3 Å². The first kappa shape index (κ1) is 21.7. The van der Waals surface area contributed by atoms with Gasteiger partial charge in [0, 0.05) is 17.5 Å². The van der Waals surface area contributed by atoms with Crippen molar-refractivity contribution in [2.45, 2.75) is 37.6 Å². The van der Waals surface area contributed by atoms with E-state index in [-0.39, 0.29) is 17.7 Å². The number of aryl methyl sites for hydroxylation is 1. The average molecular weight is 488 g/mol. The molecule has 10 heteroatoms. The van der Waals surface area contributed by atoms with Gasteiger partial charge in [0.1, 0.15) is 24.1 Å². The van der Waals surface area contributed by atoms with Gasteiger partial charge in [0.05, 0.1) is 22.1 Å². The Morgan fingerprint density at radius 2 is 2.00 bits per heavy atom. The maximum absolute atomic E-state index is 12.7. The van der Waals surface area contributed by atoms with E-state index in [1.807, 2.05) is 47.0 Å². The van der Waals surface area contributed by atoms with Crippen molar-refractivity contribution in [3.8, 4) is 11.3 Å². The fourth-order valence-electron chi connectivity index (χ4n) is 4.80. The van der Waals surface area contributed by atoms with Crippen LogP contribution in [0.5, 0.6) is 0 Å². The Hall–Kier alpha value is -3.79. The van der Waals surface area contributed by atoms with E-state index < -0.39 is 9.84 Å². The van der Waals surface area contributed by atoms with Gasteiger partial charge in [0.25, 0.3) is 0 Å². The average Bonchev–Trinajstić information content (AvgIpc) is 3.49. The quantitative estimate of drug-likeness (QED) is 0.381. The first-order chi connectivity index (χ1) is 16.9. The molecule has 5 aromatic rings. The van der Waals surface area contributed by atoms with Gasteiger partial charge in [-0.05, 0) is 54.2 Å². The van der Waals surface area contributed by atoms with Crippen LogP contribution in [0.25, 0.3) is 27.9 Å². The molecule has 9 nitrogen and oxygen atoms in total. The number of benzene rings is 1. The molecule has 0 fully saturated rings. The zero-order valence-corrected chi connectivity index (χ0v) is 20.2. The summed E-state index contributed by atoms with van der Waals surface area (Å²) in [5.41, 5.74) is 5.18. The number of sulfone groups is 1. The van der Waals surface area contributed by atoms with Crippen LogP contribution in [0.3, 0.4) is 0 Å². The maximum atomic E-state index is 12.7. The molecule has 0 saturated carbocycles. The minimum Gasteiger partial charge on any atom is -0.362 e. The van der Waals surface area contributed by atoms with Crippen LogP contribution in [0.4, 0.5) is 5.82 Å². The summed E-state index contributed by atoms with van der Waals surface area (Å²) in [4.78, 5) is 12.8. The molecule has 6 rings (SSSR count). The smallest absolute Gasteiger partial charge is 0.178 e. The fourth-order valence-corrected chi connectivity index (χ4v) is 6.43. The highest BCUT2D eigenvalue weighted by molar-refractivity contribution is 7.91. The lowest BCUT2D eigenvalue weighted by Gasteiger charge is -2.26. The molecular weight excluding hydrogens is 462 g/mol. The van der Waals surface area contributed by atoms with Crippen molar-refractivity contribution in [3.63, 3.8) is 0 Å². The van der Waals surface area contributed by atoms with Gasteiger partial charge in [0.15, 0.2) is 15.5 Å². The van der Waals surface area contributed by atoms with Gasteiger partial charge in [-0.15, -0.1) is 10.2 Å². The van der Waals surface area contributed by atoms with Gasteiger partial charge < -0.3 is 10.3 Å². The van der Waals surface area contributed by atoms with E-state index in [0.29, 0.717) is 17.1 Å². The highest BCUT2D eigenvalue weighted by atomic mass is 32.2. The minimum absolute atomic E-state index is 0.124. The number of H-pyrrole nitrogens is 1. The molecule has 178 valence electrons. The Balaban J connectivity index is 1.38. The largest absolute Gasteiger partial charge is 0.362 e. The molecule has 4 aromatic heterocycles. The number of aromatic nitrogens is 6. The van der Waals surface area contributed by atoms with Crippen LogP contribution in [-0.2, 0) is 16.3 Å². The summed E-state index contributed by atoms with van der Waals surface area (Å²) in [6.07, 6.45) is 6.59. The molecule has 35 heavy (non-hydrogen) atoms. The first-order valence-electron chi connectivity index (χ1n) is 11.6. The van der Waals surface area contributed by atoms with E-state index >= 15 is 0 Å². The number of fused-ring (bicyclic) bond motifs is 3. The van der Waals surface area contributed by atoms with Crippen molar-refractivity contribution in [2.24, 2.45) is 5.92 Å². The lowest BCUT2D eigenvalue weighted by Crippen LogP contribution is -2.20.